The lowest BCUT2D eigenvalue weighted by molar-refractivity contribution is -0.116. The lowest BCUT2D eigenvalue weighted by Crippen LogP contribution is -2.20. The van der Waals surface area contributed by atoms with Gasteiger partial charge >= 0.3 is 0 Å². The molecule has 0 fully saturated rings. The first-order chi connectivity index (χ1) is 6.18. The first kappa shape index (κ1) is 8.69. The summed E-state index contributed by atoms with van der Waals surface area (Å²) >= 11 is 3.07. The van der Waals surface area contributed by atoms with E-state index in [0.29, 0.717) is 23.0 Å². The third kappa shape index (κ3) is 1.46. The molecule has 68 valence electrons. The Morgan fingerprint density at radius 1 is 1.38 bits per heavy atom. The Morgan fingerprint density at radius 3 is 2.92 bits per heavy atom. The van der Waals surface area contributed by atoms with E-state index in [2.05, 4.69) is 21.2 Å². The number of anilines is 1. The fourth-order valence-corrected chi connectivity index (χ4v) is 1.71. The molecule has 1 aromatic carbocycles. The standard InChI is InChI=1S/C9H7BrFNO/c10-6-3-1-5-2-4-7(13)12-9(5)8(6)11/h1,3H,2,4H2,(H,12,13). The van der Waals surface area contributed by atoms with Gasteiger partial charge in [0.05, 0.1) is 10.2 Å². The molecule has 0 bridgehead atoms. The SMILES string of the molecule is O=C1CCc2ccc(Br)c(F)c2N1. The molecule has 4 heteroatoms. The number of hydrogen-bond donors (Lipinski definition) is 1. The number of amides is 1. The van der Waals surface area contributed by atoms with Crippen LogP contribution in [0.1, 0.15) is 12.0 Å². The second-order valence-corrected chi connectivity index (χ2v) is 3.80. The molecule has 0 atom stereocenters. The van der Waals surface area contributed by atoms with Gasteiger partial charge in [-0.1, -0.05) is 6.07 Å². The Balaban J connectivity index is 2.54. The van der Waals surface area contributed by atoms with Gasteiger partial charge in [-0.3, -0.25) is 4.79 Å². The fourth-order valence-electron chi connectivity index (χ4n) is 1.38. The van der Waals surface area contributed by atoms with Crippen LogP contribution in [-0.4, -0.2) is 5.91 Å². The summed E-state index contributed by atoms with van der Waals surface area (Å²) in [4.78, 5) is 11.0. The molecule has 0 unspecified atom stereocenters. The minimum Gasteiger partial charge on any atom is -0.323 e. The number of hydrogen-bond acceptors (Lipinski definition) is 1. The molecule has 1 amide bonds. The number of aryl methyl sites for hydroxylation is 1. The molecule has 2 nitrogen and oxygen atoms in total. The molecule has 1 aliphatic rings. The molecule has 0 spiro atoms. The Hall–Kier alpha value is -0.900. The number of carbonyl (C=O) groups is 1. The number of nitrogens with one attached hydrogen (secondary N) is 1. The zero-order chi connectivity index (χ0) is 9.42. The second kappa shape index (κ2) is 3.10. The first-order valence-electron chi connectivity index (χ1n) is 3.95. The van der Waals surface area contributed by atoms with Crippen molar-refractivity contribution in [2.75, 3.05) is 5.32 Å². The number of halogens is 2. The Morgan fingerprint density at radius 2 is 2.15 bits per heavy atom. The third-order valence-electron chi connectivity index (χ3n) is 2.07. The molecule has 1 aliphatic heterocycles. The van der Waals surface area contributed by atoms with Crippen LogP contribution in [0.15, 0.2) is 16.6 Å². The topological polar surface area (TPSA) is 29.1 Å². The third-order valence-corrected chi connectivity index (χ3v) is 2.68. The van der Waals surface area contributed by atoms with Crippen molar-refractivity contribution in [1.29, 1.82) is 0 Å². The predicted octanol–water partition coefficient (Wildman–Crippen LogP) is 2.47. The monoisotopic (exact) mass is 243 g/mol. The van der Waals surface area contributed by atoms with Crippen molar-refractivity contribution in [3.8, 4) is 0 Å². The predicted molar refractivity (Wildman–Crippen MR) is 51.1 cm³/mol. The van der Waals surface area contributed by atoms with Crippen molar-refractivity contribution in [3.05, 3.63) is 28.0 Å². The van der Waals surface area contributed by atoms with Crippen LogP contribution >= 0.6 is 15.9 Å². The fraction of sp³-hybridized carbons (Fsp3) is 0.222. The zero-order valence-electron chi connectivity index (χ0n) is 6.73. The Bertz CT molecular complexity index is 378. The summed E-state index contributed by atoms with van der Waals surface area (Å²) in [6, 6.07) is 3.48. The average Bonchev–Trinajstić information content (AvgIpc) is 2.12. The Kier molecular flexibility index (Phi) is 2.07. The van der Waals surface area contributed by atoms with Crippen molar-refractivity contribution in [2.45, 2.75) is 12.8 Å². The van der Waals surface area contributed by atoms with E-state index in [4.69, 9.17) is 0 Å². The summed E-state index contributed by atoms with van der Waals surface area (Å²) < 4.78 is 13.8. The second-order valence-electron chi connectivity index (χ2n) is 2.94. The summed E-state index contributed by atoms with van der Waals surface area (Å²) in [5, 5.41) is 2.53. The summed E-state index contributed by atoms with van der Waals surface area (Å²) in [5.74, 6) is -0.505. The highest BCUT2D eigenvalue weighted by Gasteiger charge is 2.19. The van der Waals surface area contributed by atoms with Crippen molar-refractivity contribution < 1.29 is 9.18 Å². The lowest BCUT2D eigenvalue weighted by atomic mass is 10.0. The van der Waals surface area contributed by atoms with Crippen LogP contribution in [0.3, 0.4) is 0 Å². The van der Waals surface area contributed by atoms with Crippen LogP contribution in [-0.2, 0) is 11.2 Å². The van der Waals surface area contributed by atoms with Crippen LogP contribution in [0.2, 0.25) is 0 Å². The maximum absolute atomic E-state index is 13.4. The average molecular weight is 244 g/mol. The van der Waals surface area contributed by atoms with Gasteiger partial charge in [0, 0.05) is 6.42 Å². The van der Waals surface area contributed by atoms with Gasteiger partial charge in [-0.25, -0.2) is 4.39 Å². The number of fused-ring (bicyclic) bond motifs is 1. The van der Waals surface area contributed by atoms with Crippen molar-refractivity contribution >= 4 is 27.5 Å². The summed E-state index contributed by atoms with van der Waals surface area (Å²) in [6.07, 6.45) is 1.05. The lowest BCUT2D eigenvalue weighted by Gasteiger charge is -2.17. The van der Waals surface area contributed by atoms with Gasteiger partial charge in [-0.15, -0.1) is 0 Å². The van der Waals surface area contributed by atoms with Crippen molar-refractivity contribution in [3.63, 3.8) is 0 Å². The minimum absolute atomic E-state index is 0.121. The van der Waals surface area contributed by atoms with Crippen LogP contribution in [0.25, 0.3) is 0 Å². The normalized spacial score (nSPS) is 15.1. The van der Waals surface area contributed by atoms with E-state index in [0.717, 1.165) is 5.56 Å². The largest absolute Gasteiger partial charge is 0.323 e. The summed E-state index contributed by atoms with van der Waals surface area (Å²) in [6.45, 7) is 0. The maximum atomic E-state index is 13.4. The van der Waals surface area contributed by atoms with Gasteiger partial charge in [0.25, 0.3) is 0 Å². The molecule has 2 rings (SSSR count). The van der Waals surface area contributed by atoms with Crippen LogP contribution in [0.4, 0.5) is 10.1 Å². The van der Waals surface area contributed by atoms with Crippen molar-refractivity contribution in [2.24, 2.45) is 0 Å². The highest BCUT2D eigenvalue weighted by Crippen LogP contribution is 2.30. The van der Waals surface area contributed by atoms with Gasteiger partial charge in [-0.2, -0.15) is 0 Å². The van der Waals surface area contributed by atoms with Crippen LogP contribution < -0.4 is 5.32 Å². The highest BCUT2D eigenvalue weighted by atomic mass is 79.9. The zero-order valence-corrected chi connectivity index (χ0v) is 8.32. The molecule has 1 N–H and O–H groups in total. The Labute approximate surface area is 83.3 Å². The van der Waals surface area contributed by atoms with Gasteiger partial charge in [0.1, 0.15) is 0 Å². The molecule has 1 aromatic rings. The maximum Gasteiger partial charge on any atom is 0.224 e. The number of carbonyl (C=O) groups excluding carboxylic acids is 1. The molecule has 0 saturated carbocycles. The highest BCUT2D eigenvalue weighted by molar-refractivity contribution is 9.10. The molecule has 0 saturated heterocycles. The van der Waals surface area contributed by atoms with Crippen LogP contribution in [0, 0.1) is 5.82 Å². The smallest absolute Gasteiger partial charge is 0.224 e. The van der Waals surface area contributed by atoms with Gasteiger partial charge in [0.2, 0.25) is 5.91 Å². The van der Waals surface area contributed by atoms with E-state index in [1.54, 1.807) is 6.07 Å². The van der Waals surface area contributed by atoms with E-state index in [-0.39, 0.29) is 11.7 Å². The molecule has 0 radical (unpaired) electrons. The quantitative estimate of drug-likeness (QED) is 0.746. The summed E-state index contributed by atoms with van der Waals surface area (Å²) in [5.41, 5.74) is 1.19. The van der Waals surface area contributed by atoms with E-state index in [1.165, 1.54) is 0 Å². The van der Waals surface area contributed by atoms with E-state index in [9.17, 15) is 9.18 Å². The van der Waals surface area contributed by atoms with Gasteiger partial charge in [-0.05, 0) is 34.0 Å². The van der Waals surface area contributed by atoms with E-state index >= 15 is 0 Å². The minimum atomic E-state index is -0.384. The number of rotatable bonds is 0. The van der Waals surface area contributed by atoms with Crippen LogP contribution in [0.5, 0.6) is 0 Å². The first-order valence-corrected chi connectivity index (χ1v) is 4.74. The van der Waals surface area contributed by atoms with Gasteiger partial charge in [0.15, 0.2) is 5.82 Å². The van der Waals surface area contributed by atoms with E-state index in [1.807, 2.05) is 6.07 Å². The number of benzene rings is 1. The molecular formula is C9H7BrFNO. The molecule has 1 heterocycles. The molecule has 0 aliphatic carbocycles. The van der Waals surface area contributed by atoms with E-state index < -0.39 is 0 Å². The van der Waals surface area contributed by atoms with Crippen molar-refractivity contribution in [1.82, 2.24) is 0 Å². The van der Waals surface area contributed by atoms with Gasteiger partial charge < -0.3 is 5.32 Å². The summed E-state index contributed by atoms with van der Waals surface area (Å²) in [7, 11) is 0. The molecule has 13 heavy (non-hydrogen) atoms. The molecule has 0 aromatic heterocycles. The molecular weight excluding hydrogens is 237 g/mol.